The molecule has 3 N–H and O–H groups in total. The van der Waals surface area contributed by atoms with Gasteiger partial charge in [-0.15, -0.1) is 0 Å². The molecule has 0 saturated carbocycles. The average molecular weight is 542 g/mol. The number of alkyl carbamates (subject to hydrolysis) is 1. The van der Waals surface area contributed by atoms with Crippen LogP contribution in [0.4, 0.5) is 4.79 Å². The zero-order valence-corrected chi connectivity index (χ0v) is 22.6. The van der Waals surface area contributed by atoms with Gasteiger partial charge < -0.3 is 20.5 Å². The quantitative estimate of drug-likeness (QED) is 0.367. The predicted molar refractivity (Wildman–Crippen MR) is 152 cm³/mol. The number of carboxylic acid groups (broad SMARTS) is 1. The molecule has 208 valence electrons. The zero-order valence-electron chi connectivity index (χ0n) is 22.6. The van der Waals surface area contributed by atoms with E-state index in [9.17, 15) is 19.5 Å². The van der Waals surface area contributed by atoms with E-state index in [1.165, 1.54) is 5.56 Å². The highest BCUT2D eigenvalue weighted by Gasteiger charge is 2.43. The van der Waals surface area contributed by atoms with Crippen LogP contribution in [0.3, 0.4) is 0 Å². The van der Waals surface area contributed by atoms with Crippen molar-refractivity contribution in [2.45, 2.75) is 50.2 Å². The molecule has 8 heteroatoms. The fraction of sp³-hybridized carbons (Fsp3) is 0.344. The molecule has 0 spiro atoms. The predicted octanol–water partition coefficient (Wildman–Crippen LogP) is 4.54. The van der Waals surface area contributed by atoms with Gasteiger partial charge in [-0.3, -0.25) is 9.69 Å². The summed E-state index contributed by atoms with van der Waals surface area (Å²) in [6, 6.07) is 25.7. The molecule has 1 fully saturated rings. The van der Waals surface area contributed by atoms with Crippen LogP contribution in [0.5, 0.6) is 0 Å². The van der Waals surface area contributed by atoms with Crippen LogP contribution in [0.1, 0.15) is 48.8 Å². The lowest BCUT2D eigenvalue weighted by Gasteiger charge is -2.39. The number of aliphatic carboxylic acids is 1. The maximum atomic E-state index is 12.8. The summed E-state index contributed by atoms with van der Waals surface area (Å²) in [4.78, 5) is 39.8. The maximum Gasteiger partial charge on any atom is 0.407 e. The number of benzene rings is 3. The van der Waals surface area contributed by atoms with Crippen molar-refractivity contribution in [2.75, 3.05) is 19.7 Å². The van der Waals surface area contributed by atoms with Crippen LogP contribution in [0, 0.1) is 0 Å². The molecule has 8 nitrogen and oxygen atoms in total. The van der Waals surface area contributed by atoms with Crippen LogP contribution in [0.2, 0.25) is 0 Å². The van der Waals surface area contributed by atoms with Crippen LogP contribution in [-0.4, -0.2) is 59.3 Å². The molecule has 3 aromatic carbocycles. The molecule has 2 aliphatic rings. The molecule has 1 atom stereocenters. The molecule has 3 aromatic rings. The number of ether oxygens (including phenoxy) is 1. The van der Waals surface area contributed by atoms with Gasteiger partial charge in [-0.25, -0.2) is 9.59 Å². The Kier molecular flexibility index (Phi) is 8.16. The number of carbonyl (C=O) groups is 3. The van der Waals surface area contributed by atoms with Gasteiger partial charge in [0.15, 0.2) is 0 Å². The molecule has 0 unspecified atom stereocenters. The number of carboxylic acids is 1. The Balaban J connectivity index is 1.10. The maximum absolute atomic E-state index is 12.8. The molecule has 2 amide bonds. The van der Waals surface area contributed by atoms with E-state index >= 15 is 0 Å². The zero-order chi connectivity index (χ0) is 28.1. The SMILES string of the molecule is C[C@H](CC(=O)NC1(C(=O)O)CCN(Cc2ccccc2)CC1)NC(=O)OCC1c2ccccc2-c2ccccc21. The summed E-state index contributed by atoms with van der Waals surface area (Å²) >= 11 is 0. The van der Waals surface area contributed by atoms with Gasteiger partial charge in [0, 0.05) is 38.0 Å². The van der Waals surface area contributed by atoms with Crippen molar-refractivity contribution in [1.29, 1.82) is 0 Å². The van der Waals surface area contributed by atoms with Crippen molar-refractivity contribution in [1.82, 2.24) is 15.5 Å². The Labute approximate surface area is 234 Å². The second-order valence-electron chi connectivity index (χ2n) is 10.8. The number of rotatable bonds is 9. The number of nitrogens with one attached hydrogen (secondary N) is 2. The van der Waals surface area contributed by atoms with Crippen molar-refractivity contribution in [3.05, 3.63) is 95.6 Å². The van der Waals surface area contributed by atoms with E-state index in [1.54, 1.807) is 6.92 Å². The van der Waals surface area contributed by atoms with Gasteiger partial charge in [-0.1, -0.05) is 78.9 Å². The first kappa shape index (κ1) is 27.4. The molecule has 1 saturated heterocycles. The first-order chi connectivity index (χ1) is 19.3. The van der Waals surface area contributed by atoms with E-state index < -0.39 is 29.6 Å². The Morgan fingerprint density at radius 2 is 1.50 bits per heavy atom. The van der Waals surface area contributed by atoms with Crippen LogP contribution >= 0.6 is 0 Å². The number of fused-ring (bicyclic) bond motifs is 3. The molecule has 0 radical (unpaired) electrons. The van der Waals surface area contributed by atoms with Gasteiger partial charge in [-0.05, 0) is 47.6 Å². The Hall–Kier alpha value is -4.17. The van der Waals surface area contributed by atoms with Crippen molar-refractivity contribution in [3.8, 4) is 11.1 Å². The van der Waals surface area contributed by atoms with Gasteiger partial charge in [0.25, 0.3) is 0 Å². The molecule has 0 bridgehead atoms. The number of nitrogens with zero attached hydrogens (tertiary/aromatic N) is 1. The summed E-state index contributed by atoms with van der Waals surface area (Å²) in [5.74, 6) is -1.50. The highest BCUT2D eigenvalue weighted by atomic mass is 16.5. The van der Waals surface area contributed by atoms with Gasteiger partial charge in [-0.2, -0.15) is 0 Å². The number of hydrogen-bond donors (Lipinski definition) is 3. The summed E-state index contributed by atoms with van der Waals surface area (Å²) in [5.41, 5.74) is 4.40. The van der Waals surface area contributed by atoms with E-state index in [-0.39, 0.29) is 18.9 Å². The Morgan fingerprint density at radius 1 is 0.925 bits per heavy atom. The molecule has 1 aliphatic carbocycles. The fourth-order valence-electron chi connectivity index (χ4n) is 5.82. The van der Waals surface area contributed by atoms with E-state index in [0.29, 0.717) is 25.9 Å². The van der Waals surface area contributed by atoms with E-state index in [4.69, 9.17) is 4.74 Å². The second-order valence-corrected chi connectivity index (χ2v) is 10.8. The van der Waals surface area contributed by atoms with Crippen LogP contribution in [-0.2, 0) is 20.9 Å². The third-order valence-electron chi connectivity index (χ3n) is 7.95. The lowest BCUT2D eigenvalue weighted by molar-refractivity contribution is -0.150. The summed E-state index contributed by atoms with van der Waals surface area (Å²) in [7, 11) is 0. The average Bonchev–Trinajstić information content (AvgIpc) is 3.27. The third kappa shape index (κ3) is 6.02. The lowest BCUT2D eigenvalue weighted by atomic mass is 9.87. The number of piperidine rings is 1. The molecule has 1 aliphatic heterocycles. The molecule has 5 rings (SSSR count). The van der Waals surface area contributed by atoms with E-state index in [2.05, 4.69) is 39.8 Å². The standard InChI is InChI=1S/C32H35N3O5/c1-22(33-31(39)40-21-28-26-13-7-5-11-24(26)25-12-6-8-14-27(25)28)19-29(36)34-32(30(37)38)15-17-35(18-16-32)20-23-9-3-2-4-10-23/h2-14,22,28H,15-21H2,1H3,(H,33,39)(H,34,36)(H,37,38)/t22-/m1/s1. The monoisotopic (exact) mass is 541 g/mol. The minimum absolute atomic E-state index is 0.0487. The highest BCUT2D eigenvalue weighted by molar-refractivity contribution is 5.87. The van der Waals surface area contributed by atoms with Crippen molar-refractivity contribution >= 4 is 18.0 Å². The van der Waals surface area contributed by atoms with Gasteiger partial charge in [0.1, 0.15) is 12.1 Å². The first-order valence-corrected chi connectivity index (χ1v) is 13.8. The topological polar surface area (TPSA) is 108 Å². The van der Waals surface area contributed by atoms with Gasteiger partial charge in [0.2, 0.25) is 5.91 Å². The largest absolute Gasteiger partial charge is 0.480 e. The normalized spacial score (nSPS) is 16.8. The van der Waals surface area contributed by atoms with Crippen molar-refractivity contribution in [3.63, 3.8) is 0 Å². The first-order valence-electron chi connectivity index (χ1n) is 13.8. The number of amides is 2. The molecule has 0 aromatic heterocycles. The molecular weight excluding hydrogens is 506 g/mol. The fourth-order valence-corrected chi connectivity index (χ4v) is 5.82. The lowest BCUT2D eigenvalue weighted by Crippen LogP contribution is -2.60. The summed E-state index contributed by atoms with van der Waals surface area (Å²) in [6.45, 7) is 3.76. The van der Waals surface area contributed by atoms with Crippen LogP contribution < -0.4 is 10.6 Å². The summed E-state index contributed by atoms with van der Waals surface area (Å²) < 4.78 is 5.58. The van der Waals surface area contributed by atoms with Gasteiger partial charge in [0.05, 0.1) is 0 Å². The highest BCUT2D eigenvalue weighted by Crippen LogP contribution is 2.44. The van der Waals surface area contributed by atoms with E-state index in [1.807, 2.05) is 54.6 Å². The Bertz CT molecular complexity index is 1320. The molecule has 1 heterocycles. The number of hydrogen-bond acceptors (Lipinski definition) is 5. The minimum Gasteiger partial charge on any atom is -0.480 e. The van der Waals surface area contributed by atoms with E-state index in [0.717, 1.165) is 28.8 Å². The summed E-state index contributed by atoms with van der Waals surface area (Å²) in [6.07, 6.45) is -0.0266. The Morgan fingerprint density at radius 3 is 2.10 bits per heavy atom. The van der Waals surface area contributed by atoms with Crippen LogP contribution in [0.25, 0.3) is 11.1 Å². The third-order valence-corrected chi connectivity index (χ3v) is 7.95. The van der Waals surface area contributed by atoms with Crippen LogP contribution in [0.15, 0.2) is 78.9 Å². The summed E-state index contributed by atoms with van der Waals surface area (Å²) in [5, 5.41) is 15.5. The molecule has 40 heavy (non-hydrogen) atoms. The van der Waals surface area contributed by atoms with Gasteiger partial charge >= 0.3 is 12.1 Å². The minimum atomic E-state index is -1.31. The molecular formula is C32H35N3O5. The smallest absolute Gasteiger partial charge is 0.407 e. The van der Waals surface area contributed by atoms with Crippen molar-refractivity contribution < 1.29 is 24.2 Å². The second kappa shape index (κ2) is 11.9. The number of likely N-dealkylation sites (tertiary alicyclic amines) is 1. The number of carbonyl (C=O) groups excluding carboxylic acids is 2. The van der Waals surface area contributed by atoms with Crippen molar-refractivity contribution in [2.24, 2.45) is 0 Å².